The summed E-state index contributed by atoms with van der Waals surface area (Å²) in [5.74, 6) is -0.0468. The summed E-state index contributed by atoms with van der Waals surface area (Å²) < 4.78 is 5.95. The molecule has 5 nitrogen and oxygen atoms in total. The molecule has 3 rings (SSSR count). The van der Waals surface area contributed by atoms with Crippen molar-refractivity contribution in [1.82, 2.24) is 10.3 Å². The van der Waals surface area contributed by atoms with Gasteiger partial charge in [0.05, 0.1) is 11.1 Å². The zero-order valence-electron chi connectivity index (χ0n) is 13.8. The van der Waals surface area contributed by atoms with Gasteiger partial charge < -0.3 is 15.8 Å². The molecular formula is C17H27N3O2S. The van der Waals surface area contributed by atoms with Gasteiger partial charge in [-0.25, -0.2) is 4.98 Å². The maximum atomic E-state index is 12.5. The lowest BCUT2D eigenvalue weighted by atomic mass is 9.55. The Balaban J connectivity index is 1.65. The van der Waals surface area contributed by atoms with Crippen molar-refractivity contribution in [3.63, 3.8) is 0 Å². The molecule has 0 aromatic carbocycles. The summed E-state index contributed by atoms with van der Waals surface area (Å²) in [6.07, 6.45) is 8.09. The van der Waals surface area contributed by atoms with Gasteiger partial charge in [0, 0.05) is 29.9 Å². The van der Waals surface area contributed by atoms with E-state index in [0.717, 1.165) is 37.3 Å². The molecule has 128 valence electrons. The van der Waals surface area contributed by atoms with Crippen molar-refractivity contribution in [1.29, 1.82) is 0 Å². The van der Waals surface area contributed by atoms with Gasteiger partial charge in [0.2, 0.25) is 0 Å². The number of nitrogens with two attached hydrogens (primary N) is 1. The summed E-state index contributed by atoms with van der Waals surface area (Å²) in [7, 11) is 0. The Morgan fingerprint density at radius 2 is 2.26 bits per heavy atom. The topological polar surface area (TPSA) is 77.2 Å². The zero-order valence-corrected chi connectivity index (χ0v) is 14.7. The van der Waals surface area contributed by atoms with E-state index in [1.54, 1.807) is 0 Å². The molecule has 2 aliphatic carbocycles. The van der Waals surface area contributed by atoms with Crippen LogP contribution in [0.5, 0.6) is 0 Å². The molecule has 0 saturated heterocycles. The van der Waals surface area contributed by atoms with Gasteiger partial charge in [0.1, 0.15) is 5.69 Å². The number of aromatic nitrogens is 1. The van der Waals surface area contributed by atoms with E-state index in [0.29, 0.717) is 18.3 Å². The first-order valence-electron chi connectivity index (χ1n) is 8.76. The number of hydrogen-bond acceptors (Lipinski definition) is 5. The fourth-order valence-corrected chi connectivity index (χ4v) is 4.95. The molecule has 23 heavy (non-hydrogen) atoms. The third-order valence-electron chi connectivity index (χ3n) is 5.39. The standard InChI is InChI=1S/C17H27N3O2S/c1-2-22-14-10-13(17(14)7-4-3-5-8-17)20-16(21)12-11-23-15(19-12)6-9-18/h11,13-14H,2-10,18H2,1H3,(H,20,21). The van der Waals surface area contributed by atoms with Crippen molar-refractivity contribution >= 4 is 17.2 Å². The molecule has 1 heterocycles. The molecule has 2 fully saturated rings. The fraction of sp³-hybridized carbons (Fsp3) is 0.765. The van der Waals surface area contributed by atoms with Crippen LogP contribution in [0.1, 0.15) is 60.9 Å². The van der Waals surface area contributed by atoms with E-state index in [1.807, 2.05) is 5.38 Å². The van der Waals surface area contributed by atoms with E-state index < -0.39 is 0 Å². The van der Waals surface area contributed by atoms with Crippen molar-refractivity contribution in [3.8, 4) is 0 Å². The molecule has 1 amide bonds. The molecule has 3 N–H and O–H groups in total. The predicted molar refractivity (Wildman–Crippen MR) is 91.7 cm³/mol. The van der Waals surface area contributed by atoms with E-state index in [-0.39, 0.29) is 17.4 Å². The molecule has 1 spiro atoms. The Kier molecular flexibility index (Phi) is 5.34. The Morgan fingerprint density at radius 1 is 1.48 bits per heavy atom. The van der Waals surface area contributed by atoms with E-state index in [1.165, 1.54) is 30.6 Å². The highest BCUT2D eigenvalue weighted by molar-refractivity contribution is 7.09. The molecule has 0 bridgehead atoms. The van der Waals surface area contributed by atoms with Crippen LogP contribution in [0, 0.1) is 5.41 Å². The van der Waals surface area contributed by atoms with Gasteiger partial charge in [0.15, 0.2) is 0 Å². The lowest BCUT2D eigenvalue weighted by molar-refractivity contribution is -0.146. The Morgan fingerprint density at radius 3 is 2.96 bits per heavy atom. The lowest BCUT2D eigenvalue weighted by Gasteiger charge is -2.57. The van der Waals surface area contributed by atoms with Gasteiger partial charge in [0.25, 0.3) is 5.91 Å². The largest absolute Gasteiger partial charge is 0.378 e. The minimum absolute atomic E-state index is 0.0468. The van der Waals surface area contributed by atoms with Crippen LogP contribution in [0.15, 0.2) is 5.38 Å². The third-order valence-corrected chi connectivity index (χ3v) is 6.29. The minimum Gasteiger partial charge on any atom is -0.378 e. The van der Waals surface area contributed by atoms with Crippen molar-refractivity contribution in [3.05, 3.63) is 16.1 Å². The maximum Gasteiger partial charge on any atom is 0.270 e. The summed E-state index contributed by atoms with van der Waals surface area (Å²) in [4.78, 5) is 16.9. The number of carbonyl (C=O) groups is 1. The molecule has 1 aromatic rings. The first-order chi connectivity index (χ1) is 11.2. The summed E-state index contributed by atoms with van der Waals surface area (Å²) in [5.41, 5.74) is 6.23. The van der Waals surface area contributed by atoms with Crippen molar-refractivity contribution < 1.29 is 9.53 Å². The molecular weight excluding hydrogens is 310 g/mol. The molecule has 2 aliphatic rings. The Bertz CT molecular complexity index is 540. The van der Waals surface area contributed by atoms with Gasteiger partial charge in [-0.1, -0.05) is 19.3 Å². The van der Waals surface area contributed by atoms with Crippen LogP contribution in [-0.2, 0) is 11.2 Å². The van der Waals surface area contributed by atoms with Crippen LogP contribution in [0.4, 0.5) is 0 Å². The van der Waals surface area contributed by atoms with Crippen LogP contribution < -0.4 is 11.1 Å². The molecule has 0 aliphatic heterocycles. The molecule has 6 heteroatoms. The maximum absolute atomic E-state index is 12.5. The molecule has 2 atom stereocenters. The smallest absolute Gasteiger partial charge is 0.270 e. The second-order valence-corrected chi connectivity index (χ2v) is 7.61. The summed E-state index contributed by atoms with van der Waals surface area (Å²) >= 11 is 1.51. The molecule has 2 unspecified atom stereocenters. The van der Waals surface area contributed by atoms with Gasteiger partial charge in [-0.2, -0.15) is 0 Å². The van der Waals surface area contributed by atoms with E-state index >= 15 is 0 Å². The van der Waals surface area contributed by atoms with Crippen LogP contribution in [0.3, 0.4) is 0 Å². The zero-order chi connectivity index (χ0) is 16.3. The Hall–Kier alpha value is -0.980. The van der Waals surface area contributed by atoms with E-state index in [4.69, 9.17) is 10.5 Å². The first kappa shape index (κ1) is 16.9. The van der Waals surface area contributed by atoms with Crippen molar-refractivity contribution in [2.45, 2.75) is 64.0 Å². The van der Waals surface area contributed by atoms with E-state index in [9.17, 15) is 4.79 Å². The quantitative estimate of drug-likeness (QED) is 0.836. The SMILES string of the molecule is CCOC1CC(NC(=O)c2csc(CCN)n2)C12CCCCC2. The van der Waals surface area contributed by atoms with Gasteiger partial charge in [-0.15, -0.1) is 11.3 Å². The van der Waals surface area contributed by atoms with Crippen LogP contribution in [0.2, 0.25) is 0 Å². The van der Waals surface area contributed by atoms with E-state index in [2.05, 4.69) is 17.2 Å². The normalized spacial score (nSPS) is 26.0. The highest BCUT2D eigenvalue weighted by Gasteiger charge is 2.56. The average Bonchev–Trinajstić information content (AvgIpc) is 3.04. The second kappa shape index (κ2) is 7.28. The van der Waals surface area contributed by atoms with Crippen molar-refractivity contribution in [2.24, 2.45) is 11.1 Å². The number of carbonyl (C=O) groups excluding carboxylic acids is 1. The van der Waals surface area contributed by atoms with Crippen LogP contribution >= 0.6 is 11.3 Å². The minimum atomic E-state index is -0.0468. The number of hydrogen-bond donors (Lipinski definition) is 2. The van der Waals surface area contributed by atoms with Gasteiger partial charge in [-0.3, -0.25) is 4.79 Å². The van der Waals surface area contributed by atoms with Crippen LogP contribution in [-0.4, -0.2) is 36.2 Å². The highest BCUT2D eigenvalue weighted by Crippen LogP contribution is 2.53. The van der Waals surface area contributed by atoms with Crippen LogP contribution in [0.25, 0.3) is 0 Å². The number of amides is 1. The molecule has 1 aromatic heterocycles. The summed E-state index contributed by atoms with van der Waals surface area (Å²) in [6.45, 7) is 3.37. The summed E-state index contributed by atoms with van der Waals surface area (Å²) in [5, 5.41) is 6.01. The second-order valence-electron chi connectivity index (χ2n) is 6.66. The highest BCUT2D eigenvalue weighted by atomic mass is 32.1. The van der Waals surface area contributed by atoms with Gasteiger partial charge in [-0.05, 0) is 32.7 Å². The van der Waals surface area contributed by atoms with Gasteiger partial charge >= 0.3 is 0 Å². The number of rotatable bonds is 6. The number of nitrogens with zero attached hydrogens (tertiary/aromatic N) is 1. The van der Waals surface area contributed by atoms with Crippen molar-refractivity contribution in [2.75, 3.05) is 13.2 Å². The third kappa shape index (κ3) is 3.30. The predicted octanol–water partition coefficient (Wildman–Crippen LogP) is 2.50. The number of ether oxygens (including phenoxy) is 1. The Labute approximate surface area is 142 Å². The molecule has 2 saturated carbocycles. The fourth-order valence-electron chi connectivity index (χ4n) is 4.15. The molecule has 0 radical (unpaired) electrons. The first-order valence-corrected chi connectivity index (χ1v) is 9.64. The summed E-state index contributed by atoms with van der Waals surface area (Å²) in [6, 6.07) is 0.228. The lowest BCUT2D eigenvalue weighted by Crippen LogP contribution is -2.65. The average molecular weight is 337 g/mol. The monoisotopic (exact) mass is 337 g/mol. The number of nitrogens with one attached hydrogen (secondary N) is 1. The number of thiazole rings is 1.